The number of nitrogens with one attached hydrogen (secondary N) is 1. The molecule has 0 bridgehead atoms. The second-order valence-electron chi connectivity index (χ2n) is 3.95. The van der Waals surface area contributed by atoms with Crippen LogP contribution in [0.4, 0.5) is 11.4 Å². The molecule has 2 rings (SSSR count). The number of benzene rings is 2. The monoisotopic (exact) mass is 312 g/mol. The first kappa shape index (κ1) is 14.5. The molecule has 0 aliphatic rings. The second-order valence-corrected chi connectivity index (χ2v) is 6.60. The molecule has 0 spiro atoms. The number of nitrogens with two attached hydrogens (primary N) is 1. The van der Waals surface area contributed by atoms with Gasteiger partial charge in [0, 0.05) is 11.4 Å². The highest BCUT2D eigenvalue weighted by molar-refractivity contribution is 7.91. The molecular formula is C12H12N2O4S2. The maximum absolute atomic E-state index is 12.3. The van der Waals surface area contributed by atoms with Gasteiger partial charge in [0.2, 0.25) is 9.84 Å². The van der Waals surface area contributed by atoms with Gasteiger partial charge in [-0.1, -0.05) is 0 Å². The molecule has 0 aliphatic carbocycles. The summed E-state index contributed by atoms with van der Waals surface area (Å²) in [5, 5.41) is 0. The van der Waals surface area contributed by atoms with E-state index in [0.717, 1.165) is 0 Å². The Morgan fingerprint density at radius 2 is 1.40 bits per heavy atom. The lowest BCUT2D eigenvalue weighted by atomic mass is 10.3. The molecule has 2 aromatic carbocycles. The molecule has 0 saturated carbocycles. The molecule has 0 fully saturated rings. The van der Waals surface area contributed by atoms with Gasteiger partial charge in [0.05, 0.1) is 9.79 Å². The number of anilines is 2. The molecule has 0 radical (unpaired) electrons. The van der Waals surface area contributed by atoms with Gasteiger partial charge in [-0.05, 0) is 48.5 Å². The second kappa shape index (κ2) is 5.61. The van der Waals surface area contributed by atoms with Crippen molar-refractivity contribution in [3.8, 4) is 0 Å². The minimum absolute atomic E-state index is 0.0940. The van der Waals surface area contributed by atoms with Gasteiger partial charge in [0.15, 0.2) is 0 Å². The summed E-state index contributed by atoms with van der Waals surface area (Å²) < 4.78 is 46.1. The van der Waals surface area contributed by atoms with Crippen molar-refractivity contribution in [2.45, 2.75) is 9.79 Å². The van der Waals surface area contributed by atoms with E-state index in [-0.39, 0.29) is 9.79 Å². The predicted octanol–water partition coefficient (Wildman–Crippen LogP) is 1.65. The average Bonchev–Trinajstić information content (AvgIpc) is 2.39. The SMILES string of the molecule is Nc1ccc(S(=O)(=O)c2ccc(NS(=O)O)cc2)cc1. The molecule has 2 aromatic rings. The van der Waals surface area contributed by atoms with E-state index in [9.17, 15) is 12.6 Å². The third-order valence-electron chi connectivity index (χ3n) is 2.56. The van der Waals surface area contributed by atoms with Gasteiger partial charge in [-0.3, -0.25) is 9.27 Å². The van der Waals surface area contributed by atoms with Crippen LogP contribution in [0, 0.1) is 0 Å². The number of hydrogen-bond donors (Lipinski definition) is 3. The Morgan fingerprint density at radius 3 is 1.85 bits per heavy atom. The third kappa shape index (κ3) is 3.16. The van der Waals surface area contributed by atoms with Crippen molar-refractivity contribution in [3.63, 3.8) is 0 Å². The van der Waals surface area contributed by atoms with Crippen LogP contribution in [0.2, 0.25) is 0 Å². The lowest BCUT2D eigenvalue weighted by Crippen LogP contribution is -2.04. The zero-order valence-electron chi connectivity index (χ0n) is 10.2. The van der Waals surface area contributed by atoms with Crippen LogP contribution in [0.5, 0.6) is 0 Å². The van der Waals surface area contributed by atoms with Gasteiger partial charge in [0.1, 0.15) is 0 Å². The first-order chi connectivity index (χ1) is 9.39. The van der Waals surface area contributed by atoms with E-state index in [1.807, 2.05) is 0 Å². The van der Waals surface area contributed by atoms with E-state index in [1.165, 1.54) is 48.5 Å². The molecule has 106 valence electrons. The normalized spacial score (nSPS) is 12.8. The van der Waals surface area contributed by atoms with E-state index in [1.54, 1.807) is 0 Å². The number of sulfone groups is 1. The Bertz CT molecular complexity index is 725. The largest absolute Gasteiger partial charge is 0.399 e. The fourth-order valence-corrected chi connectivity index (χ4v) is 3.18. The van der Waals surface area contributed by atoms with Crippen LogP contribution in [-0.2, 0) is 21.1 Å². The Kier molecular flexibility index (Phi) is 4.07. The van der Waals surface area contributed by atoms with Crippen molar-refractivity contribution in [1.29, 1.82) is 0 Å². The smallest absolute Gasteiger partial charge is 0.259 e. The lowest BCUT2D eigenvalue weighted by Gasteiger charge is -2.06. The molecule has 0 aromatic heterocycles. The highest BCUT2D eigenvalue weighted by Crippen LogP contribution is 2.23. The zero-order valence-corrected chi connectivity index (χ0v) is 11.8. The van der Waals surface area contributed by atoms with Crippen molar-refractivity contribution >= 4 is 32.5 Å². The van der Waals surface area contributed by atoms with Gasteiger partial charge < -0.3 is 5.73 Å². The van der Waals surface area contributed by atoms with Gasteiger partial charge in [0.25, 0.3) is 11.3 Å². The van der Waals surface area contributed by atoms with E-state index < -0.39 is 21.1 Å². The standard InChI is InChI=1S/C12H12N2O4S2/c13-9-1-5-11(6-2-9)20(17,18)12-7-3-10(4-8-12)14-19(15)16/h1-8,14H,13H2,(H,15,16). The molecule has 0 saturated heterocycles. The molecule has 8 heteroatoms. The summed E-state index contributed by atoms with van der Waals surface area (Å²) >= 11 is -2.20. The number of hydrogen-bond acceptors (Lipinski definition) is 4. The molecule has 20 heavy (non-hydrogen) atoms. The molecule has 1 unspecified atom stereocenters. The number of nitrogen functional groups attached to an aromatic ring is 1. The first-order valence-corrected chi connectivity index (χ1v) is 8.07. The zero-order chi connectivity index (χ0) is 14.8. The van der Waals surface area contributed by atoms with Crippen LogP contribution in [0.15, 0.2) is 58.3 Å². The highest BCUT2D eigenvalue weighted by atomic mass is 32.2. The quantitative estimate of drug-likeness (QED) is 0.587. The Labute approximate surface area is 119 Å². The summed E-state index contributed by atoms with van der Waals surface area (Å²) in [4.78, 5) is 0.231. The molecule has 0 heterocycles. The van der Waals surface area contributed by atoms with Gasteiger partial charge in [-0.25, -0.2) is 12.6 Å². The molecular weight excluding hydrogens is 300 g/mol. The molecule has 1 atom stereocenters. The Hall–Kier alpha value is -1.90. The molecule has 6 nitrogen and oxygen atoms in total. The van der Waals surface area contributed by atoms with Crippen molar-refractivity contribution in [2.24, 2.45) is 0 Å². The van der Waals surface area contributed by atoms with E-state index in [2.05, 4.69) is 4.72 Å². The van der Waals surface area contributed by atoms with Crippen LogP contribution >= 0.6 is 0 Å². The van der Waals surface area contributed by atoms with Crippen LogP contribution in [-0.4, -0.2) is 17.2 Å². The average molecular weight is 312 g/mol. The van der Waals surface area contributed by atoms with E-state index in [4.69, 9.17) is 10.3 Å². The summed E-state index contributed by atoms with van der Waals surface area (Å²) in [5.74, 6) is 0. The fraction of sp³-hybridized carbons (Fsp3) is 0. The van der Waals surface area contributed by atoms with Gasteiger partial charge in [-0.15, -0.1) is 0 Å². The minimum Gasteiger partial charge on any atom is -0.399 e. The minimum atomic E-state index is -3.62. The molecule has 0 aliphatic heterocycles. The summed E-state index contributed by atoms with van der Waals surface area (Å²) in [6.45, 7) is 0. The van der Waals surface area contributed by atoms with E-state index >= 15 is 0 Å². The van der Waals surface area contributed by atoms with Crippen molar-refractivity contribution in [3.05, 3.63) is 48.5 Å². The third-order valence-corrected chi connectivity index (χ3v) is 4.76. The van der Waals surface area contributed by atoms with Crippen LogP contribution < -0.4 is 10.5 Å². The Balaban J connectivity index is 2.34. The maximum Gasteiger partial charge on any atom is 0.259 e. The Morgan fingerprint density at radius 1 is 0.950 bits per heavy atom. The van der Waals surface area contributed by atoms with Crippen LogP contribution in [0.3, 0.4) is 0 Å². The first-order valence-electron chi connectivity index (χ1n) is 5.48. The van der Waals surface area contributed by atoms with Crippen molar-refractivity contribution in [2.75, 3.05) is 10.5 Å². The highest BCUT2D eigenvalue weighted by Gasteiger charge is 2.17. The van der Waals surface area contributed by atoms with Crippen LogP contribution in [0.1, 0.15) is 0 Å². The van der Waals surface area contributed by atoms with Crippen molar-refractivity contribution < 1.29 is 17.2 Å². The van der Waals surface area contributed by atoms with Crippen molar-refractivity contribution in [1.82, 2.24) is 0 Å². The molecule has 4 N–H and O–H groups in total. The van der Waals surface area contributed by atoms with Gasteiger partial charge >= 0.3 is 0 Å². The van der Waals surface area contributed by atoms with E-state index in [0.29, 0.717) is 11.4 Å². The summed E-state index contributed by atoms with van der Waals surface area (Å²) in [6, 6.07) is 11.4. The predicted molar refractivity (Wildman–Crippen MR) is 77.1 cm³/mol. The topological polar surface area (TPSA) is 109 Å². The maximum atomic E-state index is 12.3. The summed E-state index contributed by atoms with van der Waals surface area (Å²) in [6.07, 6.45) is 0. The fourth-order valence-electron chi connectivity index (χ4n) is 1.59. The summed E-state index contributed by atoms with van der Waals surface area (Å²) in [7, 11) is -3.62. The lowest BCUT2D eigenvalue weighted by molar-refractivity contribution is 0.570. The molecule has 0 amide bonds. The number of rotatable bonds is 4. The van der Waals surface area contributed by atoms with Gasteiger partial charge in [-0.2, -0.15) is 0 Å². The summed E-state index contributed by atoms with van der Waals surface area (Å²) in [5.41, 5.74) is 6.35. The van der Waals surface area contributed by atoms with Crippen LogP contribution in [0.25, 0.3) is 0 Å².